The molecule has 27 heavy (non-hydrogen) atoms. The lowest BCUT2D eigenvalue weighted by molar-refractivity contribution is 0.0629. The first kappa shape index (κ1) is 18.0. The fourth-order valence-electron chi connectivity index (χ4n) is 4.16. The molecule has 3 aromatic rings. The van der Waals surface area contributed by atoms with Crippen molar-refractivity contribution in [3.8, 4) is 11.3 Å². The lowest BCUT2D eigenvalue weighted by Gasteiger charge is -2.34. The van der Waals surface area contributed by atoms with E-state index in [1.165, 1.54) is 17.8 Å². The van der Waals surface area contributed by atoms with Gasteiger partial charge in [0.15, 0.2) is 0 Å². The zero-order chi connectivity index (χ0) is 19.1. The van der Waals surface area contributed by atoms with E-state index >= 15 is 0 Å². The molecule has 0 radical (unpaired) electrons. The average molecular weight is 380 g/mol. The Morgan fingerprint density at radius 3 is 2.52 bits per heavy atom. The molecule has 1 amide bonds. The Morgan fingerprint density at radius 1 is 1.19 bits per heavy atom. The van der Waals surface area contributed by atoms with Crippen LogP contribution in [0.4, 0.5) is 5.69 Å². The molecule has 1 fully saturated rings. The van der Waals surface area contributed by atoms with Crippen LogP contribution in [0.15, 0.2) is 36.4 Å². The summed E-state index contributed by atoms with van der Waals surface area (Å²) in [6, 6.07) is 12.2. The first-order valence-corrected chi connectivity index (χ1v) is 10.3. The van der Waals surface area contributed by atoms with E-state index in [1.807, 2.05) is 30.0 Å². The molecule has 2 atom stereocenters. The normalized spacial score (nSPS) is 20.2. The van der Waals surface area contributed by atoms with Crippen LogP contribution < -0.4 is 5.73 Å². The molecule has 140 valence electrons. The number of fused-ring (bicyclic) bond motifs is 1. The molecule has 0 spiro atoms. The maximum atomic E-state index is 13.1. The third-order valence-electron chi connectivity index (χ3n) is 5.31. The lowest BCUT2D eigenvalue weighted by atomic mass is 9.92. The van der Waals surface area contributed by atoms with Crippen LogP contribution in [-0.2, 0) is 0 Å². The van der Waals surface area contributed by atoms with Gasteiger partial charge in [-0.1, -0.05) is 44.2 Å². The van der Waals surface area contributed by atoms with Crippen molar-refractivity contribution < 1.29 is 4.79 Å². The van der Waals surface area contributed by atoms with Crippen molar-refractivity contribution in [3.63, 3.8) is 0 Å². The van der Waals surface area contributed by atoms with Crippen molar-refractivity contribution in [2.24, 2.45) is 11.8 Å². The number of benzene rings is 1. The number of hydrogen-bond donors (Lipinski definition) is 1. The van der Waals surface area contributed by atoms with Crippen LogP contribution in [0.25, 0.3) is 21.5 Å². The molecule has 5 heteroatoms. The van der Waals surface area contributed by atoms with Gasteiger partial charge in [-0.05, 0) is 36.8 Å². The number of amides is 1. The van der Waals surface area contributed by atoms with Crippen LogP contribution in [0.1, 0.15) is 35.5 Å². The minimum Gasteiger partial charge on any atom is -0.397 e. The predicted molar refractivity (Wildman–Crippen MR) is 113 cm³/mol. The van der Waals surface area contributed by atoms with Crippen molar-refractivity contribution in [2.75, 3.05) is 18.8 Å². The van der Waals surface area contributed by atoms with Crippen LogP contribution in [0.3, 0.4) is 0 Å². The zero-order valence-electron chi connectivity index (χ0n) is 16.0. The molecule has 0 bridgehead atoms. The van der Waals surface area contributed by atoms with Gasteiger partial charge in [-0.15, -0.1) is 11.3 Å². The Balaban J connectivity index is 1.75. The summed E-state index contributed by atoms with van der Waals surface area (Å²) in [5, 5.41) is 0.888. The van der Waals surface area contributed by atoms with Crippen molar-refractivity contribution in [1.29, 1.82) is 0 Å². The van der Waals surface area contributed by atoms with Crippen molar-refractivity contribution in [2.45, 2.75) is 27.2 Å². The number of carbonyl (C=O) groups excluding carboxylic acids is 1. The van der Waals surface area contributed by atoms with Crippen LogP contribution in [0.2, 0.25) is 0 Å². The number of nitrogens with two attached hydrogens (primary N) is 1. The molecule has 1 aliphatic heterocycles. The van der Waals surface area contributed by atoms with Crippen LogP contribution in [-0.4, -0.2) is 28.9 Å². The molecule has 4 nitrogen and oxygen atoms in total. The van der Waals surface area contributed by atoms with Crippen molar-refractivity contribution >= 4 is 33.1 Å². The molecule has 0 aliphatic carbocycles. The highest BCUT2D eigenvalue weighted by atomic mass is 32.1. The van der Waals surface area contributed by atoms with Gasteiger partial charge in [-0.25, -0.2) is 4.98 Å². The van der Waals surface area contributed by atoms with E-state index in [0.717, 1.165) is 40.1 Å². The second-order valence-corrected chi connectivity index (χ2v) is 8.87. The number of aromatic nitrogens is 1. The van der Waals surface area contributed by atoms with Crippen molar-refractivity contribution in [1.82, 2.24) is 9.88 Å². The van der Waals surface area contributed by atoms with E-state index in [-0.39, 0.29) is 5.91 Å². The van der Waals surface area contributed by atoms with Gasteiger partial charge in [-0.2, -0.15) is 0 Å². The van der Waals surface area contributed by atoms with E-state index in [0.29, 0.717) is 22.4 Å². The molecule has 1 aliphatic rings. The summed E-state index contributed by atoms with van der Waals surface area (Å²) in [4.78, 5) is 21.4. The number of nitrogen functional groups attached to an aromatic ring is 1. The second kappa shape index (κ2) is 6.97. The van der Waals surface area contributed by atoms with E-state index in [9.17, 15) is 4.79 Å². The number of likely N-dealkylation sites (tertiary alicyclic amines) is 1. The Hall–Kier alpha value is -2.40. The Bertz CT molecular complexity index is 986. The third kappa shape index (κ3) is 3.32. The van der Waals surface area contributed by atoms with Gasteiger partial charge in [-0.3, -0.25) is 4.79 Å². The largest absolute Gasteiger partial charge is 0.397 e. The SMILES string of the molecule is Cc1cc2c(N)c(C(=O)N3C[C@H](C)C[C@@H](C)C3)sc2nc1-c1ccccc1. The Kier molecular flexibility index (Phi) is 4.64. The summed E-state index contributed by atoms with van der Waals surface area (Å²) < 4.78 is 0. The summed E-state index contributed by atoms with van der Waals surface area (Å²) in [5.41, 5.74) is 10.1. The van der Waals surface area contributed by atoms with Gasteiger partial charge in [0.25, 0.3) is 5.91 Å². The van der Waals surface area contributed by atoms with Gasteiger partial charge >= 0.3 is 0 Å². The highest BCUT2D eigenvalue weighted by Crippen LogP contribution is 2.37. The summed E-state index contributed by atoms with van der Waals surface area (Å²) in [6.07, 6.45) is 1.17. The molecular weight excluding hydrogens is 354 g/mol. The minimum atomic E-state index is 0.0489. The molecule has 2 aromatic heterocycles. The highest BCUT2D eigenvalue weighted by Gasteiger charge is 2.29. The fraction of sp³-hybridized carbons (Fsp3) is 0.364. The topological polar surface area (TPSA) is 59.2 Å². The standard InChI is InChI=1S/C22H25N3OS/c1-13-9-14(2)12-25(11-13)22(26)20-18(23)17-10-15(3)19(24-21(17)27-20)16-7-5-4-6-8-16/h4-8,10,13-14H,9,11-12,23H2,1-3H3/t13-,14-/m1/s1. The first-order chi connectivity index (χ1) is 12.9. The highest BCUT2D eigenvalue weighted by molar-refractivity contribution is 7.21. The Morgan fingerprint density at radius 2 is 1.85 bits per heavy atom. The monoisotopic (exact) mass is 379 g/mol. The second-order valence-electron chi connectivity index (χ2n) is 7.87. The quantitative estimate of drug-likeness (QED) is 0.684. The summed E-state index contributed by atoms with van der Waals surface area (Å²) in [7, 11) is 0. The number of rotatable bonds is 2. The van der Waals surface area contributed by atoms with E-state index in [4.69, 9.17) is 10.7 Å². The number of nitrogens with zero attached hydrogens (tertiary/aromatic N) is 2. The molecule has 4 rings (SSSR count). The average Bonchev–Trinajstić information content (AvgIpc) is 2.96. The molecule has 1 aromatic carbocycles. The number of carbonyl (C=O) groups is 1. The van der Waals surface area contributed by atoms with Gasteiger partial charge in [0.2, 0.25) is 0 Å². The summed E-state index contributed by atoms with van der Waals surface area (Å²) in [5.74, 6) is 1.10. The number of anilines is 1. The fourth-order valence-corrected chi connectivity index (χ4v) is 5.21. The van der Waals surface area contributed by atoms with E-state index in [1.54, 1.807) is 0 Å². The molecule has 2 N–H and O–H groups in total. The maximum Gasteiger partial charge on any atom is 0.266 e. The first-order valence-electron chi connectivity index (χ1n) is 9.48. The lowest BCUT2D eigenvalue weighted by Crippen LogP contribution is -2.42. The number of piperidine rings is 1. The molecule has 3 heterocycles. The maximum absolute atomic E-state index is 13.1. The number of aryl methyl sites for hydroxylation is 1. The number of pyridine rings is 1. The third-order valence-corrected chi connectivity index (χ3v) is 6.41. The van der Waals surface area contributed by atoms with Gasteiger partial charge in [0.1, 0.15) is 9.71 Å². The predicted octanol–water partition coefficient (Wildman–Crippen LogP) is 4.97. The Labute approximate surface area is 164 Å². The van der Waals surface area contributed by atoms with E-state index < -0.39 is 0 Å². The zero-order valence-corrected chi connectivity index (χ0v) is 16.8. The number of hydrogen-bond acceptors (Lipinski definition) is 4. The van der Waals surface area contributed by atoms with Gasteiger partial charge in [0, 0.05) is 24.0 Å². The number of thiophene rings is 1. The van der Waals surface area contributed by atoms with Crippen LogP contribution >= 0.6 is 11.3 Å². The van der Waals surface area contributed by atoms with Crippen LogP contribution in [0, 0.1) is 18.8 Å². The van der Waals surface area contributed by atoms with Crippen molar-refractivity contribution in [3.05, 3.63) is 46.8 Å². The smallest absolute Gasteiger partial charge is 0.266 e. The summed E-state index contributed by atoms with van der Waals surface area (Å²) in [6.45, 7) is 8.07. The summed E-state index contributed by atoms with van der Waals surface area (Å²) >= 11 is 1.42. The van der Waals surface area contributed by atoms with Gasteiger partial charge in [0.05, 0.1) is 11.4 Å². The van der Waals surface area contributed by atoms with Crippen LogP contribution in [0.5, 0.6) is 0 Å². The minimum absolute atomic E-state index is 0.0489. The molecule has 0 saturated carbocycles. The van der Waals surface area contributed by atoms with Gasteiger partial charge < -0.3 is 10.6 Å². The molecule has 0 unspecified atom stereocenters. The molecular formula is C22H25N3OS. The van der Waals surface area contributed by atoms with E-state index in [2.05, 4.69) is 32.0 Å². The molecule has 1 saturated heterocycles.